The van der Waals surface area contributed by atoms with Gasteiger partial charge in [-0.2, -0.15) is 13.2 Å². The Labute approximate surface area is 231 Å². The van der Waals surface area contributed by atoms with Gasteiger partial charge in [-0.15, -0.1) is 0 Å². The molecule has 0 bridgehead atoms. The van der Waals surface area contributed by atoms with Crippen molar-refractivity contribution in [1.29, 1.82) is 0 Å². The van der Waals surface area contributed by atoms with Crippen molar-refractivity contribution in [3.63, 3.8) is 0 Å². The Bertz CT molecular complexity index is 1290. The Morgan fingerprint density at radius 2 is 1.72 bits per heavy atom. The maximum Gasteiger partial charge on any atom is 0.416 e. The Balaban J connectivity index is 1.19. The van der Waals surface area contributed by atoms with Crippen LogP contribution in [0.2, 0.25) is 0 Å². The van der Waals surface area contributed by atoms with Crippen LogP contribution in [0.25, 0.3) is 0 Å². The van der Waals surface area contributed by atoms with Crippen LogP contribution in [-0.4, -0.2) is 48.6 Å². The highest BCUT2D eigenvalue weighted by atomic mass is 32.2. The average molecular weight is 556 g/mol. The molecule has 206 valence electrons. The third kappa shape index (κ3) is 7.23. The molecule has 3 aromatic rings. The molecule has 1 aliphatic carbocycles. The summed E-state index contributed by atoms with van der Waals surface area (Å²) in [6.07, 6.45) is -1.17. The molecule has 0 unspecified atom stereocenters. The van der Waals surface area contributed by atoms with Crippen molar-refractivity contribution in [3.05, 3.63) is 77.0 Å². The van der Waals surface area contributed by atoms with E-state index in [1.165, 1.54) is 25.0 Å². The quantitative estimate of drug-likeness (QED) is 0.265. The lowest BCUT2D eigenvalue weighted by Gasteiger charge is -2.37. The lowest BCUT2D eigenvalue weighted by Crippen LogP contribution is -2.47. The van der Waals surface area contributed by atoms with Gasteiger partial charge in [0.2, 0.25) is 0 Å². The second kappa shape index (κ2) is 11.9. The number of rotatable bonds is 9. The minimum Gasteiger partial charge on any atom is -0.368 e. The average Bonchev–Trinajstić information content (AvgIpc) is 3.79. The zero-order valence-electron chi connectivity index (χ0n) is 21.9. The van der Waals surface area contributed by atoms with Gasteiger partial charge >= 0.3 is 6.18 Å². The minimum atomic E-state index is -4.35. The van der Waals surface area contributed by atoms with Crippen LogP contribution in [0.4, 0.5) is 24.7 Å². The summed E-state index contributed by atoms with van der Waals surface area (Å²) in [7, 11) is 0. The molecule has 1 aromatic heterocycles. The number of hydrogen-bond acceptors (Lipinski definition) is 6. The summed E-state index contributed by atoms with van der Waals surface area (Å²) in [6, 6.07) is 15.2. The van der Waals surface area contributed by atoms with Crippen molar-refractivity contribution in [1.82, 2.24) is 15.3 Å². The summed E-state index contributed by atoms with van der Waals surface area (Å²) >= 11 is 1.55. The highest BCUT2D eigenvalue weighted by Crippen LogP contribution is 2.32. The van der Waals surface area contributed by atoms with E-state index in [2.05, 4.69) is 17.1 Å². The zero-order valence-corrected chi connectivity index (χ0v) is 22.7. The molecule has 2 aromatic carbocycles. The summed E-state index contributed by atoms with van der Waals surface area (Å²) in [6.45, 7) is 5.34. The first-order chi connectivity index (χ1) is 18.8. The van der Waals surface area contributed by atoms with Crippen LogP contribution in [0, 0.1) is 5.92 Å². The number of anilines is 2. The summed E-state index contributed by atoms with van der Waals surface area (Å²) in [5.74, 6) is 2.14. The Morgan fingerprint density at radius 3 is 2.38 bits per heavy atom. The monoisotopic (exact) mass is 555 g/mol. The fourth-order valence-corrected chi connectivity index (χ4v) is 5.33. The van der Waals surface area contributed by atoms with E-state index in [1.807, 2.05) is 35.2 Å². The van der Waals surface area contributed by atoms with Crippen molar-refractivity contribution in [2.24, 2.45) is 5.92 Å². The molecule has 2 fully saturated rings. The van der Waals surface area contributed by atoms with Crippen LogP contribution >= 0.6 is 11.8 Å². The summed E-state index contributed by atoms with van der Waals surface area (Å²) in [5.41, 5.74) is 2.66. The van der Waals surface area contributed by atoms with Gasteiger partial charge in [0.15, 0.2) is 5.16 Å². The van der Waals surface area contributed by atoms with E-state index in [0.29, 0.717) is 54.3 Å². The summed E-state index contributed by atoms with van der Waals surface area (Å²) in [4.78, 5) is 25.9. The fourth-order valence-electron chi connectivity index (χ4n) is 4.50. The molecular formula is C29H32F3N5OS. The standard InChI is InChI=1S/C29H32F3N5OS/c1-2-24-17-26(37-14-12-36(13-15-37)25-5-3-4-23(16-25)29(30,31)32)35-28(34-24)39-19-21-8-10-22(11-9-21)27(38)33-18-20-6-7-20/h3-5,8-11,16-17,20H,2,6-7,12-15,18-19H2,1H3,(H,33,38). The highest BCUT2D eigenvalue weighted by molar-refractivity contribution is 7.98. The molecule has 2 heterocycles. The van der Waals surface area contributed by atoms with E-state index in [4.69, 9.17) is 9.97 Å². The molecule has 0 radical (unpaired) electrons. The predicted octanol–water partition coefficient (Wildman–Crippen LogP) is 5.82. The van der Waals surface area contributed by atoms with Gasteiger partial charge in [-0.1, -0.05) is 36.9 Å². The largest absolute Gasteiger partial charge is 0.416 e. The number of benzene rings is 2. The Morgan fingerprint density at radius 1 is 1.00 bits per heavy atom. The molecular weight excluding hydrogens is 523 g/mol. The number of aryl methyl sites for hydroxylation is 1. The molecule has 5 rings (SSSR count). The van der Waals surface area contributed by atoms with Crippen molar-refractivity contribution in [2.75, 3.05) is 42.5 Å². The van der Waals surface area contributed by atoms with E-state index < -0.39 is 11.7 Å². The molecule has 0 spiro atoms. The van der Waals surface area contributed by atoms with Gasteiger partial charge in [0, 0.05) is 61.5 Å². The van der Waals surface area contributed by atoms with Crippen LogP contribution in [0.3, 0.4) is 0 Å². The summed E-state index contributed by atoms with van der Waals surface area (Å²) < 4.78 is 39.4. The van der Waals surface area contributed by atoms with Crippen LogP contribution < -0.4 is 15.1 Å². The number of hydrogen-bond donors (Lipinski definition) is 1. The van der Waals surface area contributed by atoms with Crippen LogP contribution in [0.1, 0.15) is 46.9 Å². The smallest absolute Gasteiger partial charge is 0.368 e. The first kappa shape index (κ1) is 27.3. The highest BCUT2D eigenvalue weighted by Gasteiger charge is 2.31. The molecule has 2 aliphatic rings. The molecule has 39 heavy (non-hydrogen) atoms. The molecule has 1 N–H and O–H groups in total. The van der Waals surface area contributed by atoms with E-state index in [1.54, 1.807) is 17.8 Å². The predicted molar refractivity (Wildman–Crippen MR) is 148 cm³/mol. The van der Waals surface area contributed by atoms with Crippen LogP contribution in [-0.2, 0) is 18.3 Å². The van der Waals surface area contributed by atoms with Crippen molar-refractivity contribution >= 4 is 29.2 Å². The first-order valence-corrected chi connectivity index (χ1v) is 14.3. The van der Waals surface area contributed by atoms with Crippen LogP contribution in [0.5, 0.6) is 0 Å². The molecule has 1 saturated carbocycles. The second-order valence-corrected chi connectivity index (χ2v) is 11.0. The maximum absolute atomic E-state index is 13.1. The van der Waals surface area contributed by atoms with Gasteiger partial charge in [-0.3, -0.25) is 4.79 Å². The van der Waals surface area contributed by atoms with Crippen molar-refractivity contribution < 1.29 is 18.0 Å². The molecule has 1 saturated heterocycles. The Hall–Kier alpha value is -3.27. The number of carbonyl (C=O) groups excluding carboxylic acids is 1. The van der Waals surface area contributed by atoms with Crippen molar-refractivity contribution in [3.8, 4) is 0 Å². The first-order valence-electron chi connectivity index (χ1n) is 13.3. The molecule has 10 heteroatoms. The third-order valence-electron chi connectivity index (χ3n) is 7.08. The van der Waals surface area contributed by atoms with E-state index in [0.717, 1.165) is 36.1 Å². The van der Waals surface area contributed by atoms with Gasteiger partial charge in [0.1, 0.15) is 5.82 Å². The fraction of sp³-hybridized carbons (Fsp3) is 0.414. The van der Waals surface area contributed by atoms with Gasteiger partial charge in [-0.25, -0.2) is 9.97 Å². The number of aromatic nitrogens is 2. The van der Waals surface area contributed by atoms with Gasteiger partial charge in [-0.05, 0) is 61.1 Å². The van der Waals surface area contributed by atoms with Gasteiger partial charge < -0.3 is 15.1 Å². The number of amides is 1. The molecule has 6 nitrogen and oxygen atoms in total. The second-order valence-electron chi connectivity index (χ2n) is 10.0. The maximum atomic E-state index is 13.1. The van der Waals surface area contributed by atoms with Gasteiger partial charge in [0.05, 0.1) is 5.56 Å². The van der Waals surface area contributed by atoms with Crippen LogP contribution in [0.15, 0.2) is 59.8 Å². The number of alkyl halides is 3. The molecule has 1 aliphatic heterocycles. The normalized spacial score (nSPS) is 15.9. The van der Waals surface area contributed by atoms with Crippen molar-refractivity contribution in [2.45, 2.75) is 43.3 Å². The van der Waals surface area contributed by atoms with E-state index >= 15 is 0 Å². The topological polar surface area (TPSA) is 61.4 Å². The lowest BCUT2D eigenvalue weighted by molar-refractivity contribution is -0.137. The molecule has 0 atom stereocenters. The molecule has 1 amide bonds. The number of thioether (sulfide) groups is 1. The summed E-state index contributed by atoms with van der Waals surface area (Å²) in [5, 5.41) is 3.68. The van der Waals surface area contributed by atoms with E-state index in [-0.39, 0.29) is 5.91 Å². The number of carbonyl (C=O) groups is 1. The number of nitrogens with one attached hydrogen (secondary N) is 1. The zero-order chi connectivity index (χ0) is 27.4. The number of piperazine rings is 1. The lowest BCUT2D eigenvalue weighted by atomic mass is 10.1. The number of nitrogens with zero attached hydrogens (tertiary/aromatic N) is 4. The minimum absolute atomic E-state index is 0.0297. The number of halogens is 3. The Kier molecular flexibility index (Phi) is 8.30. The SMILES string of the molecule is CCc1cc(N2CCN(c3cccc(C(F)(F)F)c3)CC2)nc(SCc2ccc(C(=O)NCC3CC3)cc2)n1. The van der Waals surface area contributed by atoms with E-state index in [9.17, 15) is 18.0 Å². The van der Waals surface area contributed by atoms with Gasteiger partial charge in [0.25, 0.3) is 5.91 Å². The third-order valence-corrected chi connectivity index (χ3v) is 8.00.